The van der Waals surface area contributed by atoms with E-state index < -0.39 is 0 Å². The summed E-state index contributed by atoms with van der Waals surface area (Å²) in [6.07, 6.45) is 3.26. The molecule has 0 atom stereocenters. The summed E-state index contributed by atoms with van der Waals surface area (Å²) in [5.41, 5.74) is 5.00. The van der Waals surface area contributed by atoms with Gasteiger partial charge in [0.05, 0.1) is 17.6 Å². The van der Waals surface area contributed by atoms with E-state index in [2.05, 4.69) is 22.1 Å². The lowest BCUT2D eigenvalue weighted by Gasteiger charge is -2.16. The number of rotatable bonds is 5. The van der Waals surface area contributed by atoms with Gasteiger partial charge < -0.3 is 9.88 Å². The van der Waals surface area contributed by atoms with Crippen LogP contribution in [0.25, 0.3) is 10.9 Å². The number of aromatic nitrogens is 2. The van der Waals surface area contributed by atoms with Gasteiger partial charge in [0.1, 0.15) is 0 Å². The number of likely N-dealkylation sites (N-methyl/N-ethyl adjacent to an activating group) is 1. The number of thiazole rings is 1. The van der Waals surface area contributed by atoms with Gasteiger partial charge in [-0.05, 0) is 18.1 Å². The molecule has 4 nitrogen and oxygen atoms in total. The van der Waals surface area contributed by atoms with Crippen molar-refractivity contribution in [1.29, 1.82) is 0 Å². The first-order chi connectivity index (χ1) is 10.2. The maximum Gasteiger partial charge on any atom is 0.228 e. The van der Waals surface area contributed by atoms with Gasteiger partial charge in [-0.15, -0.1) is 11.3 Å². The summed E-state index contributed by atoms with van der Waals surface area (Å²) in [4.78, 5) is 21.3. The molecule has 0 aliphatic carbocycles. The molecule has 1 N–H and O–H groups in total. The monoisotopic (exact) mass is 299 g/mol. The zero-order valence-corrected chi connectivity index (χ0v) is 12.7. The Morgan fingerprint density at radius 2 is 2.24 bits per heavy atom. The van der Waals surface area contributed by atoms with Crippen molar-refractivity contribution in [3.8, 4) is 0 Å². The first kappa shape index (κ1) is 13.8. The van der Waals surface area contributed by atoms with Crippen LogP contribution in [0.2, 0.25) is 0 Å². The van der Waals surface area contributed by atoms with E-state index in [1.165, 1.54) is 22.3 Å². The smallest absolute Gasteiger partial charge is 0.228 e. The van der Waals surface area contributed by atoms with Gasteiger partial charge in [0.25, 0.3) is 0 Å². The van der Waals surface area contributed by atoms with Crippen LogP contribution in [0.15, 0.2) is 41.4 Å². The maximum absolute atomic E-state index is 12.1. The Balaban J connectivity index is 1.60. The highest BCUT2D eigenvalue weighted by atomic mass is 32.1. The molecule has 2 heterocycles. The minimum absolute atomic E-state index is 0.112. The zero-order chi connectivity index (χ0) is 14.7. The van der Waals surface area contributed by atoms with Gasteiger partial charge in [0.15, 0.2) is 0 Å². The van der Waals surface area contributed by atoms with Gasteiger partial charge in [-0.25, -0.2) is 4.98 Å². The standard InChI is InChI=1S/C16H17N3OS/c1-19(16(20)8-13-10-21-11-18-13)7-6-12-9-17-15-5-3-2-4-14(12)15/h2-5,9-11,17H,6-8H2,1H3. The van der Waals surface area contributed by atoms with Crippen LogP contribution in [0.3, 0.4) is 0 Å². The fourth-order valence-electron chi connectivity index (χ4n) is 2.37. The molecule has 21 heavy (non-hydrogen) atoms. The minimum atomic E-state index is 0.112. The summed E-state index contributed by atoms with van der Waals surface area (Å²) in [5.74, 6) is 0.112. The van der Waals surface area contributed by atoms with E-state index in [9.17, 15) is 4.79 Å². The molecule has 0 saturated heterocycles. The maximum atomic E-state index is 12.1. The van der Waals surface area contributed by atoms with Crippen molar-refractivity contribution in [2.45, 2.75) is 12.8 Å². The average molecular weight is 299 g/mol. The molecule has 1 aromatic carbocycles. The number of aromatic amines is 1. The van der Waals surface area contributed by atoms with E-state index in [0.29, 0.717) is 13.0 Å². The topological polar surface area (TPSA) is 49.0 Å². The van der Waals surface area contributed by atoms with Gasteiger partial charge in [-0.2, -0.15) is 0 Å². The molecular weight excluding hydrogens is 282 g/mol. The van der Waals surface area contributed by atoms with Crippen LogP contribution in [0, 0.1) is 0 Å². The Kier molecular flexibility index (Phi) is 4.01. The molecule has 0 saturated carbocycles. The molecule has 2 aromatic heterocycles. The van der Waals surface area contributed by atoms with Crippen LogP contribution in [0.4, 0.5) is 0 Å². The minimum Gasteiger partial charge on any atom is -0.361 e. The van der Waals surface area contributed by atoms with Gasteiger partial charge >= 0.3 is 0 Å². The third kappa shape index (κ3) is 3.13. The lowest BCUT2D eigenvalue weighted by atomic mass is 10.1. The van der Waals surface area contributed by atoms with Gasteiger partial charge in [-0.3, -0.25) is 4.79 Å². The predicted octanol–water partition coefficient (Wildman–Crippen LogP) is 2.87. The van der Waals surface area contributed by atoms with Crippen molar-refractivity contribution >= 4 is 28.1 Å². The second kappa shape index (κ2) is 6.10. The normalized spacial score (nSPS) is 10.9. The Morgan fingerprint density at radius 3 is 3.05 bits per heavy atom. The number of H-pyrrole nitrogens is 1. The molecule has 0 aliphatic rings. The molecule has 3 rings (SSSR count). The summed E-state index contributed by atoms with van der Waals surface area (Å²) >= 11 is 1.52. The number of fused-ring (bicyclic) bond motifs is 1. The second-order valence-corrected chi connectivity index (χ2v) is 5.80. The van der Waals surface area contributed by atoms with Gasteiger partial charge in [0.2, 0.25) is 5.91 Å². The highest BCUT2D eigenvalue weighted by Crippen LogP contribution is 2.18. The lowest BCUT2D eigenvalue weighted by Crippen LogP contribution is -2.30. The first-order valence-electron chi connectivity index (χ1n) is 6.90. The van der Waals surface area contributed by atoms with Crippen molar-refractivity contribution in [1.82, 2.24) is 14.9 Å². The highest BCUT2D eigenvalue weighted by Gasteiger charge is 2.12. The molecule has 0 aliphatic heterocycles. The molecule has 0 radical (unpaired) electrons. The number of benzene rings is 1. The van der Waals surface area contributed by atoms with E-state index in [-0.39, 0.29) is 5.91 Å². The summed E-state index contributed by atoms with van der Waals surface area (Å²) in [6.45, 7) is 0.713. The fourth-order valence-corrected chi connectivity index (χ4v) is 2.92. The molecule has 0 unspecified atom stereocenters. The largest absolute Gasteiger partial charge is 0.361 e. The van der Waals surface area contributed by atoms with Crippen LogP contribution in [0.1, 0.15) is 11.3 Å². The van der Waals surface area contributed by atoms with E-state index in [1.807, 2.05) is 30.8 Å². The lowest BCUT2D eigenvalue weighted by molar-refractivity contribution is -0.129. The Morgan fingerprint density at radius 1 is 1.38 bits per heavy atom. The molecule has 108 valence electrons. The number of carbonyl (C=O) groups is 1. The molecule has 0 spiro atoms. The van der Waals surface area contributed by atoms with Crippen molar-refractivity contribution in [3.05, 3.63) is 52.6 Å². The molecule has 3 aromatic rings. The van der Waals surface area contributed by atoms with E-state index in [0.717, 1.165) is 17.6 Å². The van der Waals surface area contributed by atoms with E-state index in [4.69, 9.17) is 0 Å². The number of nitrogens with one attached hydrogen (secondary N) is 1. The number of nitrogens with zero attached hydrogens (tertiary/aromatic N) is 2. The van der Waals surface area contributed by atoms with Gasteiger partial charge in [0, 0.05) is 36.1 Å². The third-order valence-corrected chi connectivity index (χ3v) is 4.27. The van der Waals surface area contributed by atoms with E-state index in [1.54, 1.807) is 10.4 Å². The molecule has 1 amide bonds. The van der Waals surface area contributed by atoms with Crippen molar-refractivity contribution < 1.29 is 4.79 Å². The number of amides is 1. The highest BCUT2D eigenvalue weighted by molar-refractivity contribution is 7.07. The number of hydrogen-bond donors (Lipinski definition) is 1. The van der Waals surface area contributed by atoms with Crippen LogP contribution in [0.5, 0.6) is 0 Å². The van der Waals surface area contributed by atoms with E-state index >= 15 is 0 Å². The summed E-state index contributed by atoms with van der Waals surface area (Å²) in [5, 5.41) is 3.16. The van der Waals surface area contributed by atoms with Crippen LogP contribution in [-0.2, 0) is 17.6 Å². The molecule has 0 bridgehead atoms. The Bertz CT molecular complexity index is 733. The number of para-hydroxylation sites is 1. The fraction of sp³-hybridized carbons (Fsp3) is 0.250. The molecular formula is C16H17N3OS. The predicted molar refractivity (Wildman–Crippen MR) is 85.5 cm³/mol. The molecule has 5 heteroatoms. The van der Waals surface area contributed by atoms with Crippen molar-refractivity contribution in [3.63, 3.8) is 0 Å². The third-order valence-electron chi connectivity index (χ3n) is 3.63. The summed E-state index contributed by atoms with van der Waals surface area (Å²) < 4.78 is 0. The van der Waals surface area contributed by atoms with Crippen LogP contribution < -0.4 is 0 Å². The quantitative estimate of drug-likeness (QED) is 0.787. The summed E-state index contributed by atoms with van der Waals surface area (Å²) in [7, 11) is 1.85. The number of carbonyl (C=O) groups excluding carboxylic acids is 1. The second-order valence-electron chi connectivity index (χ2n) is 5.08. The van der Waals surface area contributed by atoms with Crippen molar-refractivity contribution in [2.75, 3.05) is 13.6 Å². The Labute approximate surface area is 127 Å². The van der Waals surface area contributed by atoms with Crippen LogP contribution >= 0.6 is 11.3 Å². The zero-order valence-electron chi connectivity index (χ0n) is 11.9. The summed E-state index contributed by atoms with van der Waals surface area (Å²) in [6, 6.07) is 8.23. The van der Waals surface area contributed by atoms with Crippen molar-refractivity contribution in [2.24, 2.45) is 0 Å². The SMILES string of the molecule is CN(CCc1c[nH]c2ccccc12)C(=O)Cc1cscn1. The first-order valence-corrected chi connectivity index (χ1v) is 7.84. The Hall–Kier alpha value is -2.14. The number of hydrogen-bond acceptors (Lipinski definition) is 3. The van der Waals surface area contributed by atoms with Gasteiger partial charge in [-0.1, -0.05) is 18.2 Å². The molecule has 0 fully saturated rings. The van der Waals surface area contributed by atoms with Crippen LogP contribution in [-0.4, -0.2) is 34.4 Å². The average Bonchev–Trinajstić information content (AvgIpc) is 3.14.